The first-order valence-electron chi connectivity index (χ1n) is 9.50. The summed E-state index contributed by atoms with van der Waals surface area (Å²) in [5.74, 6) is 0.267. The smallest absolute Gasteiger partial charge is 0.161 e. The highest BCUT2D eigenvalue weighted by atomic mass is 32.2. The molecule has 0 aliphatic rings. The summed E-state index contributed by atoms with van der Waals surface area (Å²) >= 11 is 1.51. The van der Waals surface area contributed by atoms with Gasteiger partial charge >= 0.3 is 0 Å². The predicted molar refractivity (Wildman–Crippen MR) is 118 cm³/mol. The third kappa shape index (κ3) is 5.89. The summed E-state index contributed by atoms with van der Waals surface area (Å²) in [4.78, 5) is 3.23. The van der Waals surface area contributed by atoms with Crippen LogP contribution in [0, 0.1) is 12.3 Å². The normalized spacial score (nSPS) is 10.6. The molecule has 0 aliphatic heterocycles. The summed E-state index contributed by atoms with van der Waals surface area (Å²) in [6.07, 6.45) is 1.98. The number of phenols is 1. The fraction of sp³-hybridized carbons (Fsp3) is 0.208. The Bertz CT molecular complexity index is 894. The van der Waals surface area contributed by atoms with E-state index in [0.29, 0.717) is 11.7 Å². The van der Waals surface area contributed by atoms with E-state index in [1.165, 1.54) is 22.9 Å². The van der Waals surface area contributed by atoms with Crippen molar-refractivity contribution in [1.82, 2.24) is 4.90 Å². The van der Waals surface area contributed by atoms with Crippen LogP contribution in [0.15, 0.2) is 83.8 Å². The van der Waals surface area contributed by atoms with E-state index in [-0.39, 0.29) is 5.75 Å². The molecular formula is C24H26N2OS. The summed E-state index contributed by atoms with van der Waals surface area (Å²) in [6.45, 7) is 3.55. The molecule has 3 rings (SSSR count). The van der Waals surface area contributed by atoms with Gasteiger partial charge in [0, 0.05) is 18.0 Å². The van der Waals surface area contributed by atoms with Crippen LogP contribution in [0.5, 0.6) is 5.75 Å². The number of aromatic hydroxyl groups is 1. The summed E-state index contributed by atoms with van der Waals surface area (Å²) in [6, 6.07) is 25.9. The van der Waals surface area contributed by atoms with Gasteiger partial charge in [0.2, 0.25) is 0 Å². The summed E-state index contributed by atoms with van der Waals surface area (Å²) in [7, 11) is 0. The fourth-order valence-electron chi connectivity index (χ4n) is 3.03. The second-order valence-electron chi connectivity index (χ2n) is 6.85. The molecule has 2 N–H and O–H groups in total. The van der Waals surface area contributed by atoms with Crippen LogP contribution in [0.1, 0.15) is 23.1 Å². The minimum Gasteiger partial charge on any atom is -0.508 e. The molecule has 0 saturated carbocycles. The van der Waals surface area contributed by atoms with Crippen molar-refractivity contribution in [3.63, 3.8) is 0 Å². The molecule has 3 nitrogen and oxygen atoms in total. The highest BCUT2D eigenvalue weighted by Gasteiger charge is 2.13. The highest BCUT2D eigenvalue weighted by molar-refractivity contribution is 8.13. The van der Waals surface area contributed by atoms with E-state index in [9.17, 15) is 5.11 Å². The van der Waals surface area contributed by atoms with Gasteiger partial charge in [0.15, 0.2) is 5.17 Å². The zero-order valence-corrected chi connectivity index (χ0v) is 17.0. The molecule has 0 spiro atoms. The van der Waals surface area contributed by atoms with Crippen molar-refractivity contribution in [1.29, 1.82) is 5.41 Å². The van der Waals surface area contributed by atoms with Gasteiger partial charge in [-0.25, -0.2) is 0 Å². The first-order chi connectivity index (χ1) is 13.6. The number of thioether (sulfide) groups is 1. The maximum Gasteiger partial charge on any atom is 0.161 e. The van der Waals surface area contributed by atoms with Crippen molar-refractivity contribution in [2.45, 2.75) is 31.2 Å². The van der Waals surface area contributed by atoms with Crippen molar-refractivity contribution in [3.8, 4) is 5.75 Å². The number of benzene rings is 3. The summed E-state index contributed by atoms with van der Waals surface area (Å²) < 4.78 is 0. The van der Waals surface area contributed by atoms with Crippen LogP contribution < -0.4 is 0 Å². The van der Waals surface area contributed by atoms with Crippen LogP contribution in [0.25, 0.3) is 0 Å². The summed E-state index contributed by atoms with van der Waals surface area (Å²) in [5, 5.41) is 18.8. The van der Waals surface area contributed by atoms with Crippen LogP contribution in [0.3, 0.4) is 0 Å². The third-order valence-electron chi connectivity index (χ3n) is 4.63. The lowest BCUT2D eigenvalue weighted by Gasteiger charge is -2.25. The maximum absolute atomic E-state index is 9.53. The molecular weight excluding hydrogens is 364 g/mol. The number of amidine groups is 1. The third-order valence-corrected chi connectivity index (χ3v) is 5.76. The molecule has 0 fully saturated rings. The van der Waals surface area contributed by atoms with Crippen molar-refractivity contribution in [3.05, 3.63) is 95.6 Å². The van der Waals surface area contributed by atoms with Gasteiger partial charge in [-0.05, 0) is 54.7 Å². The van der Waals surface area contributed by atoms with Crippen LogP contribution >= 0.6 is 11.8 Å². The highest BCUT2D eigenvalue weighted by Crippen LogP contribution is 2.25. The monoisotopic (exact) mass is 390 g/mol. The van der Waals surface area contributed by atoms with E-state index < -0.39 is 0 Å². The van der Waals surface area contributed by atoms with Gasteiger partial charge in [0.05, 0.1) is 0 Å². The van der Waals surface area contributed by atoms with Gasteiger partial charge in [-0.15, -0.1) is 0 Å². The zero-order chi connectivity index (χ0) is 19.8. The number of nitrogens with zero attached hydrogens (tertiary/aromatic N) is 1. The number of nitrogens with one attached hydrogen (secondary N) is 1. The molecule has 0 amide bonds. The Balaban J connectivity index is 1.68. The van der Waals surface area contributed by atoms with E-state index in [1.54, 1.807) is 12.1 Å². The standard InChI is InChI=1S/C24H26N2OS/c1-19-8-5-6-12-23(19)28-24(25)26(18-21-13-15-22(27)16-14-21)17-7-11-20-9-3-2-4-10-20/h2-6,8-10,12-16,25,27H,7,11,17-18H2,1H3. The quantitative estimate of drug-likeness (QED) is 0.302. The van der Waals surface area contributed by atoms with Crippen LogP contribution in [-0.4, -0.2) is 21.7 Å². The fourth-order valence-corrected chi connectivity index (χ4v) is 3.90. The molecule has 3 aromatic rings. The van der Waals surface area contributed by atoms with Crippen LogP contribution in [-0.2, 0) is 13.0 Å². The molecule has 4 heteroatoms. The van der Waals surface area contributed by atoms with Crippen molar-refractivity contribution >= 4 is 16.9 Å². The van der Waals surface area contributed by atoms with E-state index in [4.69, 9.17) is 5.41 Å². The van der Waals surface area contributed by atoms with Gasteiger partial charge < -0.3 is 10.0 Å². The minimum atomic E-state index is 0.267. The molecule has 0 bridgehead atoms. The van der Waals surface area contributed by atoms with E-state index >= 15 is 0 Å². The van der Waals surface area contributed by atoms with Gasteiger partial charge in [0.25, 0.3) is 0 Å². The zero-order valence-electron chi connectivity index (χ0n) is 16.1. The van der Waals surface area contributed by atoms with Gasteiger partial charge in [-0.3, -0.25) is 5.41 Å². The average molecular weight is 391 g/mol. The van der Waals surface area contributed by atoms with Crippen LogP contribution in [0.2, 0.25) is 0 Å². The lowest BCUT2D eigenvalue weighted by Crippen LogP contribution is -2.29. The van der Waals surface area contributed by atoms with E-state index in [2.05, 4.69) is 48.2 Å². The average Bonchev–Trinajstić information content (AvgIpc) is 2.71. The largest absolute Gasteiger partial charge is 0.508 e. The van der Waals surface area contributed by atoms with Crippen molar-refractivity contribution in [2.24, 2.45) is 0 Å². The molecule has 0 saturated heterocycles. The molecule has 0 aromatic heterocycles. The van der Waals surface area contributed by atoms with Gasteiger partial charge in [-0.2, -0.15) is 0 Å². The molecule has 0 aliphatic carbocycles. The number of aryl methyl sites for hydroxylation is 2. The minimum absolute atomic E-state index is 0.267. The second-order valence-corrected chi connectivity index (χ2v) is 7.88. The second kappa shape index (κ2) is 10.00. The van der Waals surface area contributed by atoms with E-state index in [1.807, 2.05) is 30.3 Å². The first kappa shape index (κ1) is 20.0. The Morgan fingerprint density at radius 2 is 1.57 bits per heavy atom. The van der Waals surface area contributed by atoms with Crippen molar-refractivity contribution < 1.29 is 5.11 Å². The Labute approximate surface area is 171 Å². The maximum atomic E-state index is 9.53. The Hall–Kier alpha value is -2.72. The number of phenolic OH excluding ortho intramolecular Hbond substituents is 1. The van der Waals surface area contributed by atoms with Crippen LogP contribution in [0.4, 0.5) is 0 Å². The predicted octanol–water partition coefficient (Wildman–Crippen LogP) is 5.86. The molecule has 0 radical (unpaired) electrons. The number of rotatable bonds is 7. The van der Waals surface area contributed by atoms with Gasteiger partial charge in [0.1, 0.15) is 5.75 Å². The Kier molecular flexibility index (Phi) is 7.15. The molecule has 28 heavy (non-hydrogen) atoms. The lowest BCUT2D eigenvalue weighted by atomic mass is 10.1. The molecule has 3 aromatic carbocycles. The van der Waals surface area contributed by atoms with Crippen molar-refractivity contribution in [2.75, 3.05) is 6.54 Å². The Morgan fingerprint density at radius 3 is 2.29 bits per heavy atom. The Morgan fingerprint density at radius 1 is 0.893 bits per heavy atom. The summed E-state index contributed by atoms with van der Waals surface area (Å²) in [5.41, 5.74) is 3.60. The number of hydrogen-bond acceptors (Lipinski definition) is 3. The van der Waals surface area contributed by atoms with Gasteiger partial charge in [-0.1, -0.05) is 72.4 Å². The topological polar surface area (TPSA) is 47.3 Å². The SMILES string of the molecule is Cc1ccccc1SC(=N)N(CCCc1ccccc1)Cc1ccc(O)cc1. The number of hydrogen-bond donors (Lipinski definition) is 2. The lowest BCUT2D eigenvalue weighted by molar-refractivity contribution is 0.409. The van der Waals surface area contributed by atoms with E-state index in [0.717, 1.165) is 29.8 Å². The molecule has 0 heterocycles. The molecule has 144 valence electrons. The molecule has 0 atom stereocenters. The molecule has 0 unspecified atom stereocenters. The first-order valence-corrected chi connectivity index (χ1v) is 10.3.